The van der Waals surface area contributed by atoms with Crippen molar-refractivity contribution in [3.63, 3.8) is 0 Å². The Morgan fingerprint density at radius 3 is 2.67 bits per heavy atom. The van der Waals surface area contributed by atoms with Gasteiger partial charge in [0.1, 0.15) is 0 Å². The highest BCUT2D eigenvalue weighted by Crippen LogP contribution is 2.18. The van der Waals surface area contributed by atoms with Crippen LogP contribution in [-0.2, 0) is 16.6 Å². The third kappa shape index (κ3) is 3.09. The van der Waals surface area contributed by atoms with E-state index in [-0.39, 0.29) is 5.75 Å². The minimum Gasteiger partial charge on any atom is -0.261 e. The number of hydrogen-bond acceptors (Lipinski definition) is 3. The Balaban J connectivity index is 2.09. The van der Waals surface area contributed by atoms with Crippen LogP contribution in [0.2, 0.25) is 0 Å². The molecular formula is C13H20N2O2S. The van der Waals surface area contributed by atoms with Crippen LogP contribution in [0.3, 0.4) is 0 Å². The van der Waals surface area contributed by atoms with Gasteiger partial charge in [0, 0.05) is 25.0 Å². The van der Waals surface area contributed by atoms with Crippen LogP contribution in [0.25, 0.3) is 0 Å². The molecule has 0 spiro atoms. The first kappa shape index (κ1) is 13.5. The third-order valence-electron chi connectivity index (χ3n) is 3.25. The Hall–Kier alpha value is -0.940. The summed E-state index contributed by atoms with van der Waals surface area (Å²) in [6, 6.07) is 3.96. The van der Waals surface area contributed by atoms with Crippen LogP contribution in [0.15, 0.2) is 18.3 Å². The van der Waals surface area contributed by atoms with Crippen molar-refractivity contribution >= 4 is 10.0 Å². The smallest absolute Gasteiger partial charge is 0.214 e. The van der Waals surface area contributed by atoms with Crippen LogP contribution in [0, 0.1) is 0 Å². The molecule has 0 saturated carbocycles. The molecule has 0 aliphatic carbocycles. The number of aromatic nitrogens is 1. The fourth-order valence-electron chi connectivity index (χ4n) is 2.09. The third-order valence-corrected chi connectivity index (χ3v) is 5.15. The average Bonchev–Trinajstić information content (AvgIpc) is 2.32. The molecule has 2 heterocycles. The molecule has 100 valence electrons. The van der Waals surface area contributed by atoms with Gasteiger partial charge in [0.05, 0.1) is 5.75 Å². The highest BCUT2D eigenvalue weighted by molar-refractivity contribution is 7.89. The monoisotopic (exact) mass is 268 g/mol. The van der Waals surface area contributed by atoms with Gasteiger partial charge in [-0.15, -0.1) is 0 Å². The summed E-state index contributed by atoms with van der Waals surface area (Å²) in [7, 11) is -3.04. The van der Waals surface area contributed by atoms with Crippen LogP contribution >= 0.6 is 0 Å². The summed E-state index contributed by atoms with van der Waals surface area (Å²) >= 11 is 0. The standard InChI is InChI=1S/C13H20N2O2S/c1-11(2)13-6-5-12(9-14-13)10-15-7-3-4-8-18(15,16)17/h5-6,9,11H,3-4,7-8,10H2,1-2H3. The van der Waals surface area contributed by atoms with Gasteiger partial charge in [-0.3, -0.25) is 4.98 Å². The molecule has 18 heavy (non-hydrogen) atoms. The predicted molar refractivity (Wildman–Crippen MR) is 71.8 cm³/mol. The molecule has 0 radical (unpaired) electrons. The summed E-state index contributed by atoms with van der Waals surface area (Å²) in [5.41, 5.74) is 2.00. The fourth-order valence-corrected chi connectivity index (χ4v) is 3.67. The van der Waals surface area contributed by atoms with E-state index in [1.54, 1.807) is 10.5 Å². The topological polar surface area (TPSA) is 50.3 Å². The van der Waals surface area contributed by atoms with E-state index in [4.69, 9.17) is 0 Å². The zero-order valence-corrected chi connectivity index (χ0v) is 11.8. The first-order valence-electron chi connectivity index (χ1n) is 6.42. The zero-order chi connectivity index (χ0) is 13.2. The summed E-state index contributed by atoms with van der Waals surface area (Å²) in [4.78, 5) is 4.37. The lowest BCUT2D eigenvalue weighted by Gasteiger charge is -2.26. The molecule has 1 saturated heterocycles. The van der Waals surface area contributed by atoms with Crippen LogP contribution in [0.1, 0.15) is 43.9 Å². The highest BCUT2D eigenvalue weighted by Gasteiger charge is 2.25. The van der Waals surface area contributed by atoms with E-state index in [0.717, 1.165) is 24.1 Å². The van der Waals surface area contributed by atoms with Crippen molar-refractivity contribution in [3.05, 3.63) is 29.6 Å². The van der Waals surface area contributed by atoms with E-state index in [1.807, 2.05) is 12.1 Å². The first-order valence-corrected chi connectivity index (χ1v) is 8.02. The molecule has 1 aromatic rings. The average molecular weight is 268 g/mol. The van der Waals surface area contributed by atoms with E-state index >= 15 is 0 Å². The molecule has 0 bridgehead atoms. The molecule has 4 nitrogen and oxygen atoms in total. The minimum atomic E-state index is -3.04. The van der Waals surface area contributed by atoms with Gasteiger partial charge < -0.3 is 0 Å². The molecule has 1 aliphatic heterocycles. The number of pyridine rings is 1. The van der Waals surface area contributed by atoms with Crippen molar-refractivity contribution in [1.82, 2.24) is 9.29 Å². The van der Waals surface area contributed by atoms with Gasteiger partial charge >= 0.3 is 0 Å². The molecule has 0 atom stereocenters. The second-order valence-corrected chi connectivity index (χ2v) is 7.19. The van der Waals surface area contributed by atoms with Crippen molar-refractivity contribution in [2.75, 3.05) is 12.3 Å². The molecule has 0 unspecified atom stereocenters. The Labute approximate surface area is 109 Å². The lowest BCUT2D eigenvalue weighted by molar-refractivity contribution is 0.378. The molecule has 1 aromatic heterocycles. The van der Waals surface area contributed by atoms with Gasteiger partial charge in [-0.1, -0.05) is 19.9 Å². The van der Waals surface area contributed by atoms with E-state index < -0.39 is 10.0 Å². The fraction of sp³-hybridized carbons (Fsp3) is 0.615. The zero-order valence-electron chi connectivity index (χ0n) is 11.0. The second-order valence-electron chi connectivity index (χ2n) is 5.10. The van der Waals surface area contributed by atoms with Crippen molar-refractivity contribution < 1.29 is 8.42 Å². The summed E-state index contributed by atoms with van der Waals surface area (Å²) in [5.74, 6) is 0.683. The lowest BCUT2D eigenvalue weighted by atomic mass is 10.1. The van der Waals surface area contributed by atoms with Gasteiger partial charge in [0.25, 0.3) is 0 Å². The molecule has 2 rings (SSSR count). The predicted octanol–water partition coefficient (Wildman–Crippen LogP) is 2.13. The Kier molecular flexibility index (Phi) is 4.02. The molecule has 5 heteroatoms. The maximum atomic E-state index is 11.9. The van der Waals surface area contributed by atoms with Crippen molar-refractivity contribution in [2.24, 2.45) is 0 Å². The van der Waals surface area contributed by atoms with Gasteiger partial charge in [0.2, 0.25) is 10.0 Å². The number of rotatable bonds is 3. The SMILES string of the molecule is CC(C)c1ccc(CN2CCCCS2(=O)=O)cn1. The first-order chi connectivity index (χ1) is 8.49. The number of sulfonamides is 1. The molecule has 1 aliphatic rings. The Morgan fingerprint density at radius 2 is 2.11 bits per heavy atom. The maximum absolute atomic E-state index is 11.9. The van der Waals surface area contributed by atoms with Crippen molar-refractivity contribution in [1.29, 1.82) is 0 Å². The quantitative estimate of drug-likeness (QED) is 0.844. The molecule has 0 amide bonds. The van der Waals surface area contributed by atoms with Crippen LogP contribution in [0.4, 0.5) is 0 Å². The number of hydrogen-bond donors (Lipinski definition) is 0. The van der Waals surface area contributed by atoms with Crippen LogP contribution in [-0.4, -0.2) is 30.0 Å². The molecule has 1 fully saturated rings. The van der Waals surface area contributed by atoms with E-state index in [9.17, 15) is 8.42 Å². The van der Waals surface area contributed by atoms with E-state index in [1.165, 1.54) is 0 Å². The van der Waals surface area contributed by atoms with Gasteiger partial charge in [-0.2, -0.15) is 4.31 Å². The summed E-state index contributed by atoms with van der Waals surface area (Å²) in [6.07, 6.45) is 3.53. The number of nitrogens with zero attached hydrogens (tertiary/aromatic N) is 2. The van der Waals surface area contributed by atoms with Gasteiger partial charge in [0.15, 0.2) is 0 Å². The minimum absolute atomic E-state index is 0.282. The lowest BCUT2D eigenvalue weighted by Crippen LogP contribution is -2.37. The molecule has 0 aromatic carbocycles. The summed E-state index contributed by atoms with van der Waals surface area (Å²) in [6.45, 7) is 5.27. The summed E-state index contributed by atoms with van der Waals surface area (Å²) in [5, 5.41) is 0. The van der Waals surface area contributed by atoms with Crippen LogP contribution in [0.5, 0.6) is 0 Å². The van der Waals surface area contributed by atoms with Gasteiger partial charge in [-0.05, 0) is 30.4 Å². The maximum Gasteiger partial charge on any atom is 0.214 e. The normalized spacial score (nSPS) is 20.2. The van der Waals surface area contributed by atoms with E-state index in [2.05, 4.69) is 18.8 Å². The largest absolute Gasteiger partial charge is 0.261 e. The van der Waals surface area contributed by atoms with E-state index in [0.29, 0.717) is 19.0 Å². The van der Waals surface area contributed by atoms with Crippen molar-refractivity contribution in [2.45, 2.75) is 39.2 Å². The second kappa shape index (κ2) is 5.36. The molecular weight excluding hydrogens is 248 g/mol. The Bertz CT molecular complexity index is 494. The van der Waals surface area contributed by atoms with Gasteiger partial charge in [-0.25, -0.2) is 8.42 Å². The molecule has 0 N–H and O–H groups in total. The Morgan fingerprint density at radius 1 is 1.33 bits per heavy atom. The van der Waals surface area contributed by atoms with Crippen molar-refractivity contribution in [3.8, 4) is 0 Å². The van der Waals surface area contributed by atoms with Crippen LogP contribution < -0.4 is 0 Å². The summed E-state index contributed by atoms with van der Waals surface area (Å²) < 4.78 is 25.3. The highest BCUT2D eigenvalue weighted by atomic mass is 32.2.